The van der Waals surface area contributed by atoms with Crippen LogP contribution in [0.4, 0.5) is 8.78 Å². The van der Waals surface area contributed by atoms with Gasteiger partial charge in [0.05, 0.1) is 12.1 Å². The number of carbonyl (C=O) groups is 3. The average Bonchev–Trinajstić information content (AvgIpc) is 2.52. The van der Waals surface area contributed by atoms with Gasteiger partial charge < -0.3 is 20.5 Å². The Kier molecular flexibility index (Phi) is 7.60. The average molecular weight is 344 g/mol. The highest BCUT2D eigenvalue weighted by Crippen LogP contribution is 2.19. The first-order valence-corrected chi connectivity index (χ1v) is 7.19. The van der Waals surface area contributed by atoms with Gasteiger partial charge in [-0.25, -0.2) is 4.79 Å². The zero-order valence-electron chi connectivity index (χ0n) is 12.9. The molecule has 0 aliphatic carbocycles. The van der Waals surface area contributed by atoms with Gasteiger partial charge in [0.2, 0.25) is 5.91 Å². The van der Waals surface area contributed by atoms with E-state index in [4.69, 9.17) is 5.11 Å². The van der Waals surface area contributed by atoms with E-state index in [0.717, 1.165) is 0 Å². The summed E-state index contributed by atoms with van der Waals surface area (Å²) in [6.45, 7) is -1.81. The maximum atomic E-state index is 12.3. The van der Waals surface area contributed by atoms with E-state index in [-0.39, 0.29) is 17.7 Å². The summed E-state index contributed by atoms with van der Waals surface area (Å²) < 4.78 is 28.8. The SMILES string of the molecule is CCCC(NC(=O)CNC(=O)c1ccccc1OC(F)F)C(=O)O. The molecule has 2 amide bonds. The molecule has 0 saturated heterocycles. The lowest BCUT2D eigenvalue weighted by Gasteiger charge is -2.14. The zero-order chi connectivity index (χ0) is 18.1. The molecule has 132 valence electrons. The first-order valence-electron chi connectivity index (χ1n) is 7.19. The number of hydrogen-bond donors (Lipinski definition) is 3. The van der Waals surface area contributed by atoms with Gasteiger partial charge >= 0.3 is 12.6 Å². The fourth-order valence-corrected chi connectivity index (χ4v) is 1.90. The van der Waals surface area contributed by atoms with Crippen LogP contribution in [0.2, 0.25) is 0 Å². The standard InChI is InChI=1S/C15H18F2N2O5/c1-2-5-10(14(22)23)19-12(20)8-18-13(21)9-6-3-4-7-11(9)24-15(16)17/h3-4,6-7,10,15H,2,5,8H2,1H3,(H,18,21)(H,19,20)(H,22,23). The predicted octanol–water partition coefficient (Wildman–Crippen LogP) is 1.39. The van der Waals surface area contributed by atoms with Crippen LogP contribution in [0.1, 0.15) is 30.1 Å². The number of carboxylic acids is 1. The molecule has 0 bridgehead atoms. The number of alkyl halides is 2. The molecular formula is C15H18F2N2O5. The van der Waals surface area contributed by atoms with Crippen molar-refractivity contribution in [3.8, 4) is 5.75 Å². The monoisotopic (exact) mass is 344 g/mol. The molecule has 0 aromatic heterocycles. The summed E-state index contributed by atoms with van der Waals surface area (Å²) in [4.78, 5) is 34.6. The van der Waals surface area contributed by atoms with E-state index in [1.807, 2.05) is 0 Å². The molecule has 0 radical (unpaired) electrons. The number of rotatable bonds is 9. The Hall–Kier alpha value is -2.71. The van der Waals surface area contributed by atoms with Crippen LogP contribution in [-0.4, -0.2) is 42.1 Å². The largest absolute Gasteiger partial charge is 0.480 e. The zero-order valence-corrected chi connectivity index (χ0v) is 12.9. The van der Waals surface area contributed by atoms with E-state index in [1.165, 1.54) is 24.3 Å². The first-order chi connectivity index (χ1) is 11.3. The second-order valence-corrected chi connectivity index (χ2v) is 4.80. The van der Waals surface area contributed by atoms with E-state index >= 15 is 0 Å². The lowest BCUT2D eigenvalue weighted by molar-refractivity contribution is -0.141. The number of benzene rings is 1. The van der Waals surface area contributed by atoms with Crippen LogP contribution in [0.5, 0.6) is 5.75 Å². The number of nitrogens with one attached hydrogen (secondary N) is 2. The molecular weight excluding hydrogens is 326 g/mol. The second-order valence-electron chi connectivity index (χ2n) is 4.80. The van der Waals surface area contributed by atoms with Crippen LogP contribution in [0.3, 0.4) is 0 Å². The Morgan fingerprint density at radius 3 is 2.50 bits per heavy atom. The van der Waals surface area contributed by atoms with Gasteiger partial charge in [-0.2, -0.15) is 8.78 Å². The third-order valence-corrected chi connectivity index (χ3v) is 2.97. The highest BCUT2D eigenvalue weighted by molar-refractivity contribution is 5.99. The van der Waals surface area contributed by atoms with Crippen LogP contribution in [-0.2, 0) is 9.59 Å². The summed E-state index contributed by atoms with van der Waals surface area (Å²) in [6, 6.07) is 4.29. The van der Waals surface area contributed by atoms with Crippen molar-refractivity contribution < 1.29 is 33.0 Å². The Bertz CT molecular complexity index is 595. The Balaban J connectivity index is 2.63. The van der Waals surface area contributed by atoms with Crippen molar-refractivity contribution >= 4 is 17.8 Å². The summed E-state index contributed by atoms with van der Waals surface area (Å²) in [5, 5.41) is 13.4. The third kappa shape index (κ3) is 6.19. The summed E-state index contributed by atoms with van der Waals surface area (Å²) in [7, 11) is 0. The Labute approximate surface area is 137 Å². The first kappa shape index (κ1) is 19.3. The molecule has 1 aromatic rings. The molecule has 1 aromatic carbocycles. The summed E-state index contributed by atoms with van der Waals surface area (Å²) in [6.07, 6.45) is 0.808. The molecule has 9 heteroatoms. The third-order valence-electron chi connectivity index (χ3n) is 2.97. The van der Waals surface area contributed by atoms with Crippen LogP contribution < -0.4 is 15.4 Å². The normalized spacial score (nSPS) is 11.7. The fourth-order valence-electron chi connectivity index (χ4n) is 1.90. The topological polar surface area (TPSA) is 105 Å². The molecule has 0 saturated carbocycles. The number of para-hydroxylation sites is 1. The lowest BCUT2D eigenvalue weighted by Crippen LogP contribution is -2.45. The predicted molar refractivity (Wildman–Crippen MR) is 79.9 cm³/mol. The van der Waals surface area contributed by atoms with Gasteiger partial charge in [-0.1, -0.05) is 25.5 Å². The summed E-state index contributed by atoms with van der Waals surface area (Å²) in [5.74, 6) is -2.98. The summed E-state index contributed by atoms with van der Waals surface area (Å²) in [5.41, 5.74) is -0.158. The van der Waals surface area contributed by atoms with E-state index in [1.54, 1.807) is 6.92 Å². The van der Waals surface area contributed by atoms with Crippen molar-refractivity contribution in [2.24, 2.45) is 0 Å². The minimum Gasteiger partial charge on any atom is -0.480 e. The van der Waals surface area contributed by atoms with Crippen molar-refractivity contribution in [3.05, 3.63) is 29.8 Å². The van der Waals surface area contributed by atoms with Crippen LogP contribution in [0.15, 0.2) is 24.3 Å². The Morgan fingerprint density at radius 1 is 1.25 bits per heavy atom. The number of hydrogen-bond acceptors (Lipinski definition) is 4. The van der Waals surface area contributed by atoms with Crippen LogP contribution in [0.25, 0.3) is 0 Å². The molecule has 0 heterocycles. The van der Waals surface area contributed by atoms with Crippen molar-refractivity contribution in [2.75, 3.05) is 6.54 Å². The number of halogens is 2. The van der Waals surface area contributed by atoms with E-state index in [2.05, 4.69) is 15.4 Å². The fraction of sp³-hybridized carbons (Fsp3) is 0.400. The second kappa shape index (κ2) is 9.43. The highest BCUT2D eigenvalue weighted by atomic mass is 19.3. The van der Waals surface area contributed by atoms with Gasteiger partial charge in [0.1, 0.15) is 11.8 Å². The molecule has 1 unspecified atom stereocenters. The van der Waals surface area contributed by atoms with Gasteiger partial charge in [0.15, 0.2) is 0 Å². The van der Waals surface area contributed by atoms with Crippen molar-refractivity contribution in [1.29, 1.82) is 0 Å². The van der Waals surface area contributed by atoms with Crippen molar-refractivity contribution in [3.63, 3.8) is 0 Å². The van der Waals surface area contributed by atoms with Crippen LogP contribution in [0, 0.1) is 0 Å². The van der Waals surface area contributed by atoms with Gasteiger partial charge in [-0.3, -0.25) is 9.59 Å². The molecule has 7 nitrogen and oxygen atoms in total. The van der Waals surface area contributed by atoms with Gasteiger partial charge in [-0.05, 0) is 18.6 Å². The molecule has 0 aliphatic rings. The molecule has 1 rings (SSSR count). The molecule has 1 atom stereocenters. The molecule has 0 spiro atoms. The number of ether oxygens (including phenoxy) is 1. The molecule has 3 N–H and O–H groups in total. The summed E-state index contributed by atoms with van der Waals surface area (Å²) >= 11 is 0. The van der Waals surface area contributed by atoms with Crippen molar-refractivity contribution in [1.82, 2.24) is 10.6 Å². The Morgan fingerprint density at radius 2 is 1.92 bits per heavy atom. The van der Waals surface area contributed by atoms with Gasteiger partial charge in [-0.15, -0.1) is 0 Å². The highest BCUT2D eigenvalue weighted by Gasteiger charge is 2.20. The van der Waals surface area contributed by atoms with Crippen LogP contribution >= 0.6 is 0 Å². The minimum absolute atomic E-state index is 0.158. The number of carbonyl (C=O) groups excluding carboxylic acids is 2. The maximum Gasteiger partial charge on any atom is 0.387 e. The van der Waals surface area contributed by atoms with Gasteiger partial charge in [0, 0.05) is 0 Å². The van der Waals surface area contributed by atoms with Gasteiger partial charge in [0.25, 0.3) is 5.91 Å². The quantitative estimate of drug-likeness (QED) is 0.628. The lowest BCUT2D eigenvalue weighted by atomic mass is 10.1. The smallest absolute Gasteiger partial charge is 0.387 e. The minimum atomic E-state index is -3.09. The molecule has 24 heavy (non-hydrogen) atoms. The molecule has 0 fully saturated rings. The van der Waals surface area contributed by atoms with E-state index < -0.39 is 37.0 Å². The number of carboxylic acid groups (broad SMARTS) is 1. The van der Waals surface area contributed by atoms with E-state index in [0.29, 0.717) is 6.42 Å². The van der Waals surface area contributed by atoms with E-state index in [9.17, 15) is 23.2 Å². The number of amides is 2. The maximum absolute atomic E-state index is 12.3. The van der Waals surface area contributed by atoms with Crippen molar-refractivity contribution in [2.45, 2.75) is 32.4 Å². The molecule has 0 aliphatic heterocycles. The number of aliphatic carboxylic acids is 1.